The number of rotatable bonds is 10. The molecule has 0 radical (unpaired) electrons. The lowest BCUT2D eigenvalue weighted by atomic mass is 9.70. The van der Waals surface area contributed by atoms with E-state index in [0.29, 0.717) is 17.7 Å². The standard InChI is InChI=1S/C34H33BrN2O6/c1-3-16-36(24-15-14-21-10-8-9-13-23(21)18-24)32(40)30-34-19-25(35)29(43-34)27(33(41)42-17-4-2)28(34)31(39)37(30)26(20-38)22-11-6-5-7-12-22/h3-15,18,25-30,38H,1-2,16-17,19-20H2/t25?,26-,27+,28+,29+,30?,34?/m1/s1. The molecule has 3 aliphatic heterocycles. The first-order valence-electron chi connectivity index (χ1n) is 14.3. The lowest BCUT2D eigenvalue weighted by Gasteiger charge is -2.39. The second-order valence-corrected chi connectivity index (χ2v) is 12.4. The second kappa shape index (κ2) is 11.7. The Labute approximate surface area is 258 Å². The second-order valence-electron chi connectivity index (χ2n) is 11.2. The number of likely N-dealkylation sites (tertiary alicyclic amines) is 1. The zero-order valence-corrected chi connectivity index (χ0v) is 25.1. The molecule has 1 spiro atoms. The number of halogens is 1. The number of benzene rings is 3. The Morgan fingerprint density at radius 3 is 2.51 bits per heavy atom. The van der Waals surface area contributed by atoms with Crippen LogP contribution in [-0.4, -0.2) is 70.1 Å². The van der Waals surface area contributed by atoms with Crippen molar-refractivity contribution >= 4 is 50.2 Å². The Kier molecular flexibility index (Phi) is 7.98. The number of carbonyl (C=O) groups is 3. The molecule has 2 amide bonds. The van der Waals surface area contributed by atoms with Crippen LogP contribution >= 0.6 is 15.9 Å². The van der Waals surface area contributed by atoms with Crippen LogP contribution in [0.1, 0.15) is 18.0 Å². The molecule has 0 saturated carbocycles. The Hall–Kier alpha value is -3.79. The van der Waals surface area contributed by atoms with Gasteiger partial charge in [0.05, 0.1) is 30.6 Å². The first kappa shape index (κ1) is 29.3. The fourth-order valence-electron chi connectivity index (χ4n) is 7.16. The largest absolute Gasteiger partial charge is 0.461 e. The van der Waals surface area contributed by atoms with E-state index in [9.17, 15) is 19.5 Å². The van der Waals surface area contributed by atoms with Crippen molar-refractivity contribution in [3.8, 4) is 0 Å². The molecule has 1 N–H and O–H groups in total. The van der Waals surface area contributed by atoms with Gasteiger partial charge in [0.25, 0.3) is 5.91 Å². The predicted molar refractivity (Wildman–Crippen MR) is 166 cm³/mol. The topological polar surface area (TPSA) is 96.4 Å². The summed E-state index contributed by atoms with van der Waals surface area (Å²) >= 11 is 3.69. The van der Waals surface area contributed by atoms with Crippen LogP contribution in [0.5, 0.6) is 0 Å². The van der Waals surface area contributed by atoms with E-state index in [2.05, 4.69) is 29.1 Å². The van der Waals surface area contributed by atoms with Crippen LogP contribution < -0.4 is 4.90 Å². The quantitative estimate of drug-likeness (QED) is 0.197. The summed E-state index contributed by atoms with van der Waals surface area (Å²) in [6, 6.07) is 20.8. The third-order valence-corrected chi connectivity index (χ3v) is 9.74. The monoisotopic (exact) mass is 644 g/mol. The van der Waals surface area contributed by atoms with Crippen LogP contribution in [0.4, 0.5) is 5.69 Å². The molecule has 3 heterocycles. The van der Waals surface area contributed by atoms with E-state index < -0.39 is 54.1 Å². The molecule has 3 saturated heterocycles. The number of nitrogens with zero attached hydrogens (tertiary/aromatic N) is 2. The fourth-order valence-corrected chi connectivity index (χ4v) is 8.11. The van der Waals surface area contributed by atoms with Gasteiger partial charge in [-0.1, -0.05) is 95.3 Å². The third-order valence-electron chi connectivity index (χ3n) is 8.89. The number of carbonyl (C=O) groups excluding carboxylic acids is 3. The smallest absolute Gasteiger partial charge is 0.312 e. The molecule has 7 atom stereocenters. The highest BCUT2D eigenvalue weighted by Gasteiger charge is 2.77. The first-order valence-corrected chi connectivity index (χ1v) is 15.3. The summed E-state index contributed by atoms with van der Waals surface area (Å²) in [6.07, 6.45) is 2.79. The van der Waals surface area contributed by atoms with Crippen LogP contribution in [0.2, 0.25) is 0 Å². The number of amides is 2. The highest BCUT2D eigenvalue weighted by Crippen LogP contribution is 2.61. The Balaban J connectivity index is 1.49. The summed E-state index contributed by atoms with van der Waals surface area (Å²) in [4.78, 5) is 45.7. The average molecular weight is 646 g/mol. The van der Waals surface area contributed by atoms with Gasteiger partial charge in [-0.2, -0.15) is 0 Å². The molecule has 3 aromatic rings. The van der Waals surface area contributed by atoms with E-state index in [1.807, 2.05) is 72.8 Å². The van der Waals surface area contributed by atoms with Gasteiger partial charge in [0.15, 0.2) is 0 Å². The number of fused-ring (bicyclic) bond motifs is 2. The van der Waals surface area contributed by atoms with Gasteiger partial charge >= 0.3 is 5.97 Å². The number of hydrogen-bond acceptors (Lipinski definition) is 6. The minimum atomic E-state index is -1.32. The molecule has 3 aliphatic rings. The summed E-state index contributed by atoms with van der Waals surface area (Å²) < 4.78 is 12.1. The molecule has 222 valence electrons. The maximum atomic E-state index is 14.9. The van der Waals surface area contributed by atoms with Crippen molar-refractivity contribution in [2.24, 2.45) is 11.8 Å². The summed E-state index contributed by atoms with van der Waals surface area (Å²) in [7, 11) is 0. The van der Waals surface area contributed by atoms with Gasteiger partial charge in [0.2, 0.25) is 5.91 Å². The van der Waals surface area contributed by atoms with E-state index in [-0.39, 0.29) is 23.9 Å². The van der Waals surface area contributed by atoms with E-state index in [0.717, 1.165) is 10.8 Å². The zero-order chi connectivity index (χ0) is 30.3. The molecule has 3 unspecified atom stereocenters. The number of aliphatic hydroxyl groups excluding tert-OH is 1. The van der Waals surface area contributed by atoms with Crippen molar-refractivity contribution in [1.82, 2.24) is 4.90 Å². The van der Waals surface area contributed by atoms with Gasteiger partial charge in [-0.3, -0.25) is 14.4 Å². The Morgan fingerprint density at radius 2 is 1.81 bits per heavy atom. The number of aliphatic hydroxyl groups is 1. The summed E-state index contributed by atoms with van der Waals surface area (Å²) in [5.74, 6) is -3.24. The first-order chi connectivity index (χ1) is 20.9. The molecular formula is C34H33BrN2O6. The summed E-state index contributed by atoms with van der Waals surface area (Å²) in [6.45, 7) is 7.27. The van der Waals surface area contributed by atoms with Crippen LogP contribution in [0.25, 0.3) is 10.8 Å². The molecule has 8 nitrogen and oxygen atoms in total. The molecule has 9 heteroatoms. The van der Waals surface area contributed by atoms with Gasteiger partial charge < -0.3 is 24.4 Å². The van der Waals surface area contributed by atoms with E-state index in [4.69, 9.17) is 9.47 Å². The van der Waals surface area contributed by atoms with E-state index >= 15 is 0 Å². The maximum Gasteiger partial charge on any atom is 0.312 e. The van der Waals surface area contributed by atoms with E-state index in [1.54, 1.807) is 11.0 Å². The number of esters is 1. The molecule has 6 rings (SSSR count). The van der Waals surface area contributed by atoms with E-state index in [1.165, 1.54) is 11.0 Å². The van der Waals surface area contributed by atoms with Crippen molar-refractivity contribution in [3.63, 3.8) is 0 Å². The van der Waals surface area contributed by atoms with Crippen molar-refractivity contribution in [3.05, 3.63) is 104 Å². The van der Waals surface area contributed by atoms with Crippen molar-refractivity contribution in [2.75, 3.05) is 24.7 Å². The molecule has 3 aromatic carbocycles. The van der Waals surface area contributed by atoms with Gasteiger partial charge in [-0.25, -0.2) is 0 Å². The fraction of sp³-hybridized carbons (Fsp3) is 0.324. The Morgan fingerprint density at radius 1 is 1.09 bits per heavy atom. The minimum Gasteiger partial charge on any atom is -0.461 e. The van der Waals surface area contributed by atoms with Gasteiger partial charge in [-0.05, 0) is 34.9 Å². The van der Waals surface area contributed by atoms with Gasteiger partial charge in [-0.15, -0.1) is 6.58 Å². The lowest BCUT2D eigenvalue weighted by Crippen LogP contribution is -2.57. The summed E-state index contributed by atoms with van der Waals surface area (Å²) in [5.41, 5.74) is -0.00576. The molecule has 2 bridgehead atoms. The van der Waals surface area contributed by atoms with Crippen LogP contribution in [0.3, 0.4) is 0 Å². The molecular weight excluding hydrogens is 612 g/mol. The minimum absolute atomic E-state index is 0.00660. The number of anilines is 1. The molecule has 3 fully saturated rings. The highest BCUT2D eigenvalue weighted by molar-refractivity contribution is 9.09. The molecule has 43 heavy (non-hydrogen) atoms. The van der Waals surface area contributed by atoms with Gasteiger partial charge in [0.1, 0.15) is 18.2 Å². The van der Waals surface area contributed by atoms with Crippen LogP contribution in [0.15, 0.2) is 98.1 Å². The van der Waals surface area contributed by atoms with Crippen molar-refractivity contribution in [2.45, 2.75) is 35.0 Å². The van der Waals surface area contributed by atoms with Crippen LogP contribution in [-0.2, 0) is 23.9 Å². The maximum absolute atomic E-state index is 14.9. The highest BCUT2D eigenvalue weighted by atomic mass is 79.9. The Bertz CT molecular complexity index is 1580. The van der Waals surface area contributed by atoms with Crippen LogP contribution in [0, 0.1) is 11.8 Å². The normalized spacial score (nSPS) is 28.0. The lowest BCUT2D eigenvalue weighted by molar-refractivity contribution is -0.154. The number of ether oxygens (including phenoxy) is 2. The third kappa shape index (κ3) is 4.70. The van der Waals surface area contributed by atoms with Crippen molar-refractivity contribution < 1.29 is 29.0 Å². The summed E-state index contributed by atoms with van der Waals surface area (Å²) in [5, 5.41) is 12.7. The van der Waals surface area contributed by atoms with Gasteiger partial charge in [0, 0.05) is 17.1 Å². The SMILES string of the molecule is C=CCOC(=O)[C@H]1[C@H]2C(=O)N([C@H](CO)c3ccccc3)C(C(=O)N(CC=C)c3ccc4ccccc4c3)C23CC(Br)[C@@H]1O3. The molecule has 0 aromatic heterocycles. The zero-order valence-electron chi connectivity index (χ0n) is 23.6. The average Bonchev–Trinajstić information content (AvgIpc) is 3.62. The molecule has 0 aliphatic carbocycles. The predicted octanol–water partition coefficient (Wildman–Crippen LogP) is 4.57. The van der Waals surface area contributed by atoms with Crippen molar-refractivity contribution in [1.29, 1.82) is 0 Å². The number of alkyl halides is 1. The number of hydrogen-bond donors (Lipinski definition) is 1.